The minimum Gasteiger partial charge on any atom is -0.381 e. The number of nitrogens with one attached hydrogen (secondary N) is 1. The second kappa shape index (κ2) is 12.6. The van der Waals surface area contributed by atoms with Gasteiger partial charge in [0.15, 0.2) is 9.84 Å². The lowest BCUT2D eigenvalue weighted by Gasteiger charge is -2.24. The number of fused-ring (bicyclic) bond motifs is 3. The van der Waals surface area contributed by atoms with Gasteiger partial charge in [0.2, 0.25) is 0 Å². The summed E-state index contributed by atoms with van der Waals surface area (Å²) in [5, 5.41) is 4.77. The van der Waals surface area contributed by atoms with Crippen molar-refractivity contribution in [2.75, 3.05) is 24.3 Å². The summed E-state index contributed by atoms with van der Waals surface area (Å²) in [6, 6.07) is 12.5. The maximum absolute atomic E-state index is 14.3. The molecule has 10 heteroatoms. The van der Waals surface area contributed by atoms with Gasteiger partial charge in [0, 0.05) is 70.8 Å². The predicted molar refractivity (Wildman–Crippen MR) is 191 cm³/mol. The summed E-state index contributed by atoms with van der Waals surface area (Å²) < 4.78 is 35.2. The van der Waals surface area contributed by atoms with E-state index >= 15 is 0 Å². The smallest absolute Gasteiger partial charge is 0.181 e. The van der Waals surface area contributed by atoms with Gasteiger partial charge in [0.05, 0.1) is 27.1 Å². The quantitative estimate of drug-likeness (QED) is 0.175. The lowest BCUT2D eigenvalue weighted by atomic mass is 9.87. The lowest BCUT2D eigenvalue weighted by molar-refractivity contribution is 0.0639. The zero-order chi connectivity index (χ0) is 33.0. The number of aromatic nitrogens is 4. The standard InChI is InChI=1S/C38H41N5O3S2/c1-22(2)28-21-48(44,45)37-34(32-20-26-11-16-41-38(36(26)47-32)43-30-9-8-29-27(30)5-4-14-40-29)33(25-10-15-39-23(3)19-25)31(42-35(28)37)7-6-24-12-17-46-18-13-24/h4-5,10-11,14-16,19-20,22,24,28,30H,6-9,12-13,17-18,21H2,1-3H3,(H,41,43)/t28-,30+/m1/s1. The molecule has 7 heterocycles. The number of nitrogens with zero attached hydrogens (tertiary/aromatic N) is 4. The molecule has 1 N–H and O–H groups in total. The Hall–Kier alpha value is -3.73. The Morgan fingerprint density at radius 3 is 2.65 bits per heavy atom. The van der Waals surface area contributed by atoms with Crippen LogP contribution in [-0.4, -0.2) is 47.3 Å². The lowest BCUT2D eigenvalue weighted by Crippen LogP contribution is -2.17. The zero-order valence-electron chi connectivity index (χ0n) is 27.7. The fourth-order valence-electron chi connectivity index (χ4n) is 7.83. The number of hydrogen-bond donors (Lipinski definition) is 1. The predicted octanol–water partition coefficient (Wildman–Crippen LogP) is 8.11. The number of ether oxygens (including phenoxy) is 1. The number of hydrogen-bond acceptors (Lipinski definition) is 9. The van der Waals surface area contributed by atoms with Crippen molar-refractivity contribution < 1.29 is 13.2 Å². The van der Waals surface area contributed by atoms with E-state index in [1.165, 1.54) is 5.56 Å². The summed E-state index contributed by atoms with van der Waals surface area (Å²) in [6.45, 7) is 7.80. The highest BCUT2D eigenvalue weighted by Crippen LogP contribution is 2.51. The van der Waals surface area contributed by atoms with E-state index in [0.717, 1.165) is 112 Å². The molecular formula is C38H41N5O3S2. The molecule has 0 aromatic carbocycles. The van der Waals surface area contributed by atoms with Crippen LogP contribution in [0.25, 0.3) is 31.7 Å². The van der Waals surface area contributed by atoms with Crippen LogP contribution in [0, 0.1) is 18.8 Å². The molecule has 0 unspecified atom stereocenters. The van der Waals surface area contributed by atoms with Crippen molar-refractivity contribution in [3.05, 3.63) is 83.3 Å². The molecule has 0 radical (unpaired) electrons. The molecule has 5 aromatic heterocycles. The SMILES string of the molecule is Cc1cc(-c2c(CCC3CCOCC3)nc3c(c2-c2cc4ccnc(N[C@H]5CCc6ncccc65)c4s2)S(=O)(=O)C[C@@H]3C(C)C)ccn1. The van der Waals surface area contributed by atoms with Crippen molar-refractivity contribution in [2.45, 2.75) is 76.2 Å². The molecule has 48 heavy (non-hydrogen) atoms. The van der Waals surface area contributed by atoms with Gasteiger partial charge in [-0.25, -0.2) is 13.4 Å². The van der Waals surface area contributed by atoms with E-state index in [2.05, 4.69) is 47.3 Å². The summed E-state index contributed by atoms with van der Waals surface area (Å²) in [5.74, 6) is 1.47. The van der Waals surface area contributed by atoms with E-state index in [-0.39, 0.29) is 23.6 Å². The average Bonchev–Trinajstić information content (AvgIpc) is 3.78. The number of sulfone groups is 1. The summed E-state index contributed by atoms with van der Waals surface area (Å²) in [5.41, 5.74) is 7.63. The van der Waals surface area contributed by atoms with E-state index in [1.807, 2.05) is 43.7 Å². The zero-order valence-corrected chi connectivity index (χ0v) is 29.3. The summed E-state index contributed by atoms with van der Waals surface area (Å²) >= 11 is 1.62. The topological polar surface area (TPSA) is 107 Å². The molecule has 5 aromatic rings. The Balaban J connectivity index is 1.33. The van der Waals surface area contributed by atoms with Gasteiger partial charge in [-0.15, -0.1) is 11.3 Å². The molecule has 1 aliphatic carbocycles. The van der Waals surface area contributed by atoms with Crippen LogP contribution in [0.5, 0.6) is 0 Å². The first kappa shape index (κ1) is 31.5. The molecule has 1 fully saturated rings. The molecular weight excluding hydrogens is 639 g/mol. The van der Waals surface area contributed by atoms with Crippen LogP contribution < -0.4 is 5.32 Å². The van der Waals surface area contributed by atoms with Crippen LogP contribution in [0.4, 0.5) is 5.82 Å². The molecule has 2 atom stereocenters. The summed E-state index contributed by atoms with van der Waals surface area (Å²) in [4.78, 5) is 20.6. The van der Waals surface area contributed by atoms with E-state index in [1.54, 1.807) is 11.3 Å². The normalized spacial score (nSPS) is 20.3. The molecule has 3 aliphatic rings. The minimum absolute atomic E-state index is 0.0899. The minimum atomic E-state index is -3.60. The van der Waals surface area contributed by atoms with E-state index in [9.17, 15) is 8.42 Å². The number of rotatable bonds is 8. The Bertz CT molecular complexity index is 2120. The molecule has 248 valence electrons. The van der Waals surface area contributed by atoms with Crippen molar-refractivity contribution in [3.63, 3.8) is 0 Å². The number of anilines is 1. The van der Waals surface area contributed by atoms with Gasteiger partial charge in [0.25, 0.3) is 0 Å². The largest absolute Gasteiger partial charge is 0.381 e. The second-order valence-corrected chi connectivity index (χ2v) is 16.9. The van der Waals surface area contributed by atoms with Crippen molar-refractivity contribution >= 4 is 37.1 Å². The van der Waals surface area contributed by atoms with Crippen LogP contribution in [0.15, 0.2) is 59.9 Å². The Morgan fingerprint density at radius 1 is 1.00 bits per heavy atom. The van der Waals surface area contributed by atoms with Gasteiger partial charge in [-0.1, -0.05) is 19.9 Å². The highest BCUT2D eigenvalue weighted by atomic mass is 32.2. The monoisotopic (exact) mass is 679 g/mol. The number of pyridine rings is 4. The maximum atomic E-state index is 14.3. The first-order chi connectivity index (χ1) is 23.3. The number of aryl methyl sites for hydroxylation is 3. The highest BCUT2D eigenvalue weighted by Gasteiger charge is 2.42. The Labute approximate surface area is 286 Å². The van der Waals surface area contributed by atoms with Gasteiger partial charge in [-0.05, 0) is 104 Å². The van der Waals surface area contributed by atoms with E-state index < -0.39 is 9.84 Å². The fourth-order valence-corrected chi connectivity index (χ4v) is 11.3. The van der Waals surface area contributed by atoms with Gasteiger partial charge in [-0.3, -0.25) is 15.0 Å². The summed E-state index contributed by atoms with van der Waals surface area (Å²) in [7, 11) is -3.60. The van der Waals surface area contributed by atoms with Gasteiger partial charge in [-0.2, -0.15) is 0 Å². The fraction of sp³-hybridized carbons (Fsp3) is 0.421. The van der Waals surface area contributed by atoms with Crippen molar-refractivity contribution in [1.82, 2.24) is 19.9 Å². The molecule has 1 saturated heterocycles. The van der Waals surface area contributed by atoms with E-state index in [0.29, 0.717) is 10.8 Å². The van der Waals surface area contributed by atoms with Gasteiger partial charge >= 0.3 is 0 Å². The maximum Gasteiger partial charge on any atom is 0.181 e. The van der Waals surface area contributed by atoms with Crippen LogP contribution in [-0.2, 0) is 27.4 Å². The molecule has 0 bridgehead atoms. The first-order valence-corrected chi connectivity index (χ1v) is 19.6. The van der Waals surface area contributed by atoms with Crippen LogP contribution in [0.1, 0.15) is 79.8 Å². The molecule has 8 nitrogen and oxygen atoms in total. The van der Waals surface area contributed by atoms with Crippen molar-refractivity contribution in [2.24, 2.45) is 11.8 Å². The summed E-state index contributed by atoms with van der Waals surface area (Å²) in [6.07, 6.45) is 11.3. The van der Waals surface area contributed by atoms with Crippen molar-refractivity contribution in [3.8, 4) is 21.6 Å². The molecule has 0 spiro atoms. The van der Waals surface area contributed by atoms with Gasteiger partial charge in [0.1, 0.15) is 5.82 Å². The Morgan fingerprint density at radius 2 is 1.83 bits per heavy atom. The highest BCUT2D eigenvalue weighted by molar-refractivity contribution is 7.92. The van der Waals surface area contributed by atoms with Gasteiger partial charge < -0.3 is 10.1 Å². The van der Waals surface area contributed by atoms with Crippen molar-refractivity contribution in [1.29, 1.82) is 0 Å². The molecule has 0 amide bonds. The average molecular weight is 680 g/mol. The molecule has 0 saturated carbocycles. The van der Waals surface area contributed by atoms with Crippen LogP contribution in [0.3, 0.4) is 0 Å². The second-order valence-electron chi connectivity index (χ2n) is 13.9. The van der Waals surface area contributed by atoms with Crippen LogP contribution >= 0.6 is 11.3 Å². The first-order valence-electron chi connectivity index (χ1n) is 17.2. The molecule has 2 aliphatic heterocycles. The molecule has 8 rings (SSSR count). The van der Waals surface area contributed by atoms with E-state index in [4.69, 9.17) is 14.7 Å². The number of thiophene rings is 1. The Kier molecular flexibility index (Phi) is 8.29. The third-order valence-electron chi connectivity index (χ3n) is 10.4. The third kappa shape index (κ3) is 5.71. The van der Waals surface area contributed by atoms with Crippen LogP contribution in [0.2, 0.25) is 0 Å². The third-order valence-corrected chi connectivity index (χ3v) is 13.4.